The zero-order valence-electron chi connectivity index (χ0n) is 17.6. The lowest BCUT2D eigenvalue weighted by atomic mass is 10.1. The third kappa shape index (κ3) is 5.98. The largest absolute Gasteiger partial charge is 0.416 e. The van der Waals surface area contributed by atoms with E-state index in [1.54, 1.807) is 12.1 Å². The molecule has 0 radical (unpaired) electrons. The zero-order chi connectivity index (χ0) is 24.1. The topological polar surface area (TPSA) is 59.8 Å². The van der Waals surface area contributed by atoms with E-state index in [4.69, 9.17) is 11.6 Å². The lowest BCUT2D eigenvalue weighted by Gasteiger charge is -2.11. The van der Waals surface area contributed by atoms with E-state index >= 15 is 0 Å². The first-order valence-electron chi connectivity index (χ1n) is 10.1. The van der Waals surface area contributed by atoms with Crippen LogP contribution in [0, 0.1) is 0 Å². The van der Waals surface area contributed by atoms with Gasteiger partial charge in [-0.15, -0.1) is 10.2 Å². The number of anilines is 1. The van der Waals surface area contributed by atoms with E-state index in [1.807, 2.05) is 47.0 Å². The molecule has 0 saturated carbocycles. The van der Waals surface area contributed by atoms with Gasteiger partial charge in [0.25, 0.3) is 0 Å². The summed E-state index contributed by atoms with van der Waals surface area (Å²) < 4.78 is 40.6. The van der Waals surface area contributed by atoms with Gasteiger partial charge in [-0.3, -0.25) is 9.36 Å². The number of carbonyl (C=O) groups is 1. The van der Waals surface area contributed by atoms with Gasteiger partial charge in [0, 0.05) is 22.8 Å². The molecule has 5 nitrogen and oxygen atoms in total. The molecule has 0 spiro atoms. The Morgan fingerprint density at radius 3 is 2.41 bits per heavy atom. The molecule has 1 aromatic heterocycles. The molecule has 10 heteroatoms. The van der Waals surface area contributed by atoms with E-state index in [1.165, 1.54) is 12.1 Å². The number of rotatable bonds is 7. The molecule has 1 heterocycles. The minimum absolute atomic E-state index is 0.0622. The van der Waals surface area contributed by atoms with Crippen molar-refractivity contribution >= 4 is 35.0 Å². The number of halogens is 4. The monoisotopic (exact) mass is 502 g/mol. The molecule has 1 amide bonds. The number of nitrogens with zero attached hydrogens (tertiary/aromatic N) is 3. The number of alkyl halides is 3. The van der Waals surface area contributed by atoms with Crippen molar-refractivity contribution in [3.8, 4) is 5.69 Å². The molecule has 0 unspecified atom stereocenters. The van der Waals surface area contributed by atoms with Crippen molar-refractivity contribution in [1.29, 1.82) is 0 Å². The SMILES string of the molecule is O=C(CSc1nnc(Cc2ccccc2)n1-c1ccc(Cl)cc1)Nc1cccc(C(F)(F)F)c1. The van der Waals surface area contributed by atoms with Crippen LogP contribution in [-0.2, 0) is 17.4 Å². The molecular formula is C24H18ClF3N4OS. The first-order chi connectivity index (χ1) is 16.3. The van der Waals surface area contributed by atoms with Gasteiger partial charge in [0.2, 0.25) is 5.91 Å². The second-order valence-corrected chi connectivity index (χ2v) is 8.67. The zero-order valence-corrected chi connectivity index (χ0v) is 19.2. The summed E-state index contributed by atoms with van der Waals surface area (Å²) in [6.07, 6.45) is -3.97. The molecular weight excluding hydrogens is 485 g/mol. The maximum absolute atomic E-state index is 12.9. The average molecular weight is 503 g/mol. The van der Waals surface area contributed by atoms with Crippen LogP contribution in [0.15, 0.2) is 84.0 Å². The summed E-state index contributed by atoms with van der Waals surface area (Å²) in [4.78, 5) is 12.4. The Hall–Kier alpha value is -3.30. The Bertz CT molecular complexity index is 1280. The lowest BCUT2D eigenvalue weighted by Crippen LogP contribution is -2.15. The summed E-state index contributed by atoms with van der Waals surface area (Å²) in [6, 6.07) is 21.4. The Morgan fingerprint density at radius 2 is 1.71 bits per heavy atom. The summed E-state index contributed by atoms with van der Waals surface area (Å²) in [5.74, 6) is 0.154. The van der Waals surface area contributed by atoms with E-state index in [0.717, 1.165) is 35.1 Å². The van der Waals surface area contributed by atoms with Crippen LogP contribution in [0.1, 0.15) is 17.0 Å². The minimum atomic E-state index is -4.49. The summed E-state index contributed by atoms with van der Waals surface area (Å²) in [5, 5.41) is 12.1. The molecule has 34 heavy (non-hydrogen) atoms. The van der Waals surface area contributed by atoms with E-state index in [-0.39, 0.29) is 11.4 Å². The van der Waals surface area contributed by atoms with Gasteiger partial charge in [0.1, 0.15) is 5.82 Å². The molecule has 0 fully saturated rings. The van der Waals surface area contributed by atoms with Crippen molar-refractivity contribution in [2.45, 2.75) is 17.8 Å². The van der Waals surface area contributed by atoms with Gasteiger partial charge in [-0.25, -0.2) is 0 Å². The molecule has 0 bridgehead atoms. The Kier molecular flexibility index (Phi) is 7.23. The van der Waals surface area contributed by atoms with Gasteiger partial charge < -0.3 is 5.32 Å². The number of nitrogens with one attached hydrogen (secondary N) is 1. The number of hydrogen-bond acceptors (Lipinski definition) is 4. The van der Waals surface area contributed by atoms with Crippen LogP contribution in [-0.4, -0.2) is 26.4 Å². The van der Waals surface area contributed by atoms with Crippen LogP contribution in [0.5, 0.6) is 0 Å². The second kappa shape index (κ2) is 10.3. The van der Waals surface area contributed by atoms with Crippen LogP contribution >= 0.6 is 23.4 Å². The van der Waals surface area contributed by atoms with Crippen LogP contribution in [0.2, 0.25) is 5.02 Å². The molecule has 0 aliphatic heterocycles. The fraction of sp³-hybridized carbons (Fsp3) is 0.125. The third-order valence-corrected chi connectivity index (χ3v) is 5.98. The number of amides is 1. The maximum atomic E-state index is 12.9. The molecule has 174 valence electrons. The Labute approximate surface area is 203 Å². The van der Waals surface area contributed by atoms with Gasteiger partial charge >= 0.3 is 6.18 Å². The average Bonchev–Trinajstić information content (AvgIpc) is 3.21. The van der Waals surface area contributed by atoms with Crippen LogP contribution in [0.3, 0.4) is 0 Å². The van der Waals surface area contributed by atoms with Crippen LogP contribution in [0.25, 0.3) is 5.69 Å². The second-order valence-electron chi connectivity index (χ2n) is 7.29. The van der Waals surface area contributed by atoms with Gasteiger partial charge in [-0.1, -0.05) is 59.8 Å². The van der Waals surface area contributed by atoms with Crippen molar-refractivity contribution in [2.75, 3.05) is 11.1 Å². The molecule has 0 aliphatic carbocycles. The minimum Gasteiger partial charge on any atom is -0.325 e. The van der Waals surface area contributed by atoms with Gasteiger partial charge in [0.15, 0.2) is 5.16 Å². The Balaban J connectivity index is 1.52. The smallest absolute Gasteiger partial charge is 0.325 e. The van der Waals surface area contributed by atoms with Crippen molar-refractivity contribution in [1.82, 2.24) is 14.8 Å². The molecule has 0 atom stereocenters. The highest BCUT2D eigenvalue weighted by atomic mass is 35.5. The van der Waals surface area contributed by atoms with Crippen molar-refractivity contribution < 1.29 is 18.0 Å². The molecule has 3 aromatic carbocycles. The molecule has 1 N–H and O–H groups in total. The van der Waals surface area contributed by atoms with Crippen molar-refractivity contribution in [2.24, 2.45) is 0 Å². The summed E-state index contributed by atoms with van der Waals surface area (Å²) in [7, 11) is 0. The highest BCUT2D eigenvalue weighted by molar-refractivity contribution is 7.99. The van der Waals surface area contributed by atoms with E-state index in [2.05, 4.69) is 15.5 Å². The summed E-state index contributed by atoms with van der Waals surface area (Å²) in [6.45, 7) is 0. The fourth-order valence-corrected chi connectivity index (χ4v) is 4.13. The summed E-state index contributed by atoms with van der Waals surface area (Å²) >= 11 is 7.17. The standard InChI is InChI=1S/C24H18ClF3N4OS/c25-18-9-11-20(12-10-18)32-21(13-16-5-2-1-3-6-16)30-31-23(32)34-15-22(33)29-19-8-4-7-17(14-19)24(26,27)28/h1-12,14H,13,15H2,(H,29,33). The highest BCUT2D eigenvalue weighted by Crippen LogP contribution is 2.31. The first kappa shape index (κ1) is 23.8. The van der Waals surface area contributed by atoms with Crippen LogP contribution in [0.4, 0.5) is 18.9 Å². The van der Waals surface area contributed by atoms with E-state index in [0.29, 0.717) is 22.4 Å². The van der Waals surface area contributed by atoms with E-state index in [9.17, 15) is 18.0 Å². The van der Waals surface area contributed by atoms with E-state index < -0.39 is 17.6 Å². The van der Waals surface area contributed by atoms with Gasteiger partial charge in [-0.2, -0.15) is 13.2 Å². The highest BCUT2D eigenvalue weighted by Gasteiger charge is 2.30. The first-order valence-corrected chi connectivity index (χ1v) is 11.5. The number of benzene rings is 3. The van der Waals surface area contributed by atoms with Crippen molar-refractivity contribution in [3.05, 3.63) is 101 Å². The summed E-state index contributed by atoms with van der Waals surface area (Å²) in [5.41, 5.74) is 1.07. The molecule has 4 rings (SSSR count). The van der Waals surface area contributed by atoms with Gasteiger partial charge in [-0.05, 0) is 48.0 Å². The molecule has 0 aliphatic rings. The third-order valence-electron chi connectivity index (χ3n) is 4.80. The lowest BCUT2D eigenvalue weighted by molar-refractivity contribution is -0.137. The number of thioether (sulfide) groups is 1. The van der Waals surface area contributed by atoms with Crippen molar-refractivity contribution in [3.63, 3.8) is 0 Å². The number of aromatic nitrogens is 3. The maximum Gasteiger partial charge on any atom is 0.416 e. The predicted molar refractivity (Wildman–Crippen MR) is 126 cm³/mol. The predicted octanol–water partition coefficient (Wildman–Crippen LogP) is 6.26. The fourth-order valence-electron chi connectivity index (χ4n) is 3.24. The molecule has 4 aromatic rings. The Morgan fingerprint density at radius 1 is 0.971 bits per heavy atom. The van der Waals surface area contributed by atoms with Gasteiger partial charge in [0.05, 0.1) is 11.3 Å². The van der Waals surface area contributed by atoms with Crippen LogP contribution < -0.4 is 5.32 Å². The number of carbonyl (C=O) groups excluding carboxylic acids is 1. The quantitative estimate of drug-likeness (QED) is 0.303. The number of hydrogen-bond donors (Lipinski definition) is 1. The normalized spacial score (nSPS) is 11.4. The molecule has 0 saturated heterocycles.